The third-order valence-electron chi connectivity index (χ3n) is 4.26. The van der Waals surface area contributed by atoms with Gasteiger partial charge in [-0.1, -0.05) is 11.3 Å². The van der Waals surface area contributed by atoms with Gasteiger partial charge in [0.15, 0.2) is 5.69 Å². The summed E-state index contributed by atoms with van der Waals surface area (Å²) in [5.74, 6) is -2.81. The van der Waals surface area contributed by atoms with Crippen LogP contribution in [0.4, 0.5) is 13.2 Å². The number of aromatic nitrogens is 3. The summed E-state index contributed by atoms with van der Waals surface area (Å²) in [4.78, 5) is 24.8. The van der Waals surface area contributed by atoms with Crippen LogP contribution in [0.25, 0.3) is 0 Å². The molecule has 1 fully saturated rings. The number of benzene rings is 1. The molecule has 138 valence electrons. The minimum atomic E-state index is -2.82. The van der Waals surface area contributed by atoms with E-state index < -0.39 is 29.7 Å². The number of hydrogen-bond donors (Lipinski definition) is 1. The molecule has 0 saturated carbocycles. The standard InChI is InChI=1S/C16H15F3N4O3/c17-12-6-9(14(18)19)3-4-11(12)15(24)22-5-1-2-10(7-22)23-8-13(16(25)26)20-21-23/h3-4,6,8,10,14H,1-2,5,7H2,(H,25,26). The second kappa shape index (κ2) is 7.14. The van der Waals surface area contributed by atoms with Crippen molar-refractivity contribution in [2.24, 2.45) is 0 Å². The predicted octanol–water partition coefficient (Wildman–Crippen LogP) is 2.53. The molecule has 1 aromatic carbocycles. The Kier molecular flexibility index (Phi) is 4.92. The lowest BCUT2D eigenvalue weighted by Crippen LogP contribution is -2.41. The van der Waals surface area contributed by atoms with E-state index in [9.17, 15) is 22.8 Å². The molecular weight excluding hydrogens is 353 g/mol. The molecule has 2 heterocycles. The molecule has 0 radical (unpaired) electrons. The van der Waals surface area contributed by atoms with E-state index in [0.717, 1.165) is 12.1 Å². The monoisotopic (exact) mass is 368 g/mol. The summed E-state index contributed by atoms with van der Waals surface area (Å²) in [6.07, 6.45) is -0.281. The van der Waals surface area contributed by atoms with Crippen LogP contribution in [-0.4, -0.2) is 50.0 Å². The van der Waals surface area contributed by atoms with Gasteiger partial charge in [0.2, 0.25) is 0 Å². The number of halogens is 3. The molecule has 0 aliphatic carbocycles. The van der Waals surface area contributed by atoms with Gasteiger partial charge in [0.1, 0.15) is 5.82 Å². The fourth-order valence-corrected chi connectivity index (χ4v) is 2.92. The highest BCUT2D eigenvalue weighted by Gasteiger charge is 2.28. The molecule has 0 spiro atoms. The Morgan fingerprint density at radius 1 is 1.31 bits per heavy atom. The molecule has 10 heteroatoms. The first-order valence-corrected chi connectivity index (χ1v) is 7.89. The highest BCUT2D eigenvalue weighted by Crippen LogP contribution is 2.25. The van der Waals surface area contributed by atoms with Gasteiger partial charge in [-0.3, -0.25) is 4.79 Å². The van der Waals surface area contributed by atoms with E-state index >= 15 is 0 Å². The number of aromatic carboxylic acids is 1. The number of carboxylic acids is 1. The number of hydrogen-bond acceptors (Lipinski definition) is 4. The zero-order valence-electron chi connectivity index (χ0n) is 13.5. The van der Waals surface area contributed by atoms with Crippen molar-refractivity contribution in [1.82, 2.24) is 19.9 Å². The van der Waals surface area contributed by atoms with Crippen LogP contribution in [0, 0.1) is 5.82 Å². The van der Waals surface area contributed by atoms with Crippen LogP contribution in [0.2, 0.25) is 0 Å². The predicted molar refractivity (Wildman–Crippen MR) is 82.5 cm³/mol. The molecule has 1 aliphatic heterocycles. The highest BCUT2D eigenvalue weighted by molar-refractivity contribution is 5.94. The van der Waals surface area contributed by atoms with Crippen molar-refractivity contribution < 1.29 is 27.9 Å². The van der Waals surface area contributed by atoms with Crippen molar-refractivity contribution in [1.29, 1.82) is 0 Å². The number of amides is 1. The Hall–Kier alpha value is -2.91. The number of piperidine rings is 1. The average Bonchev–Trinajstić information content (AvgIpc) is 3.11. The highest BCUT2D eigenvalue weighted by atomic mass is 19.3. The van der Waals surface area contributed by atoms with Crippen LogP contribution >= 0.6 is 0 Å². The third kappa shape index (κ3) is 3.53. The van der Waals surface area contributed by atoms with E-state index in [-0.39, 0.29) is 23.8 Å². The Morgan fingerprint density at radius 3 is 2.69 bits per heavy atom. The number of carboxylic acid groups (broad SMARTS) is 1. The van der Waals surface area contributed by atoms with Crippen LogP contribution in [0.3, 0.4) is 0 Å². The molecule has 1 amide bonds. The molecule has 1 N–H and O–H groups in total. The van der Waals surface area contributed by atoms with Gasteiger partial charge in [0.25, 0.3) is 12.3 Å². The largest absolute Gasteiger partial charge is 0.476 e. The molecule has 1 atom stereocenters. The molecule has 26 heavy (non-hydrogen) atoms. The summed E-state index contributed by atoms with van der Waals surface area (Å²) < 4.78 is 40.7. The maximum atomic E-state index is 14.1. The van der Waals surface area contributed by atoms with Gasteiger partial charge in [-0.05, 0) is 25.0 Å². The summed E-state index contributed by atoms with van der Waals surface area (Å²) in [5.41, 5.74) is -0.971. The molecular formula is C16H15F3N4O3. The lowest BCUT2D eigenvalue weighted by Gasteiger charge is -2.32. The summed E-state index contributed by atoms with van der Waals surface area (Å²) in [6.45, 7) is 0.573. The molecule has 1 unspecified atom stereocenters. The van der Waals surface area contributed by atoms with E-state index in [1.807, 2.05) is 0 Å². The number of rotatable bonds is 4. The van der Waals surface area contributed by atoms with Crippen LogP contribution in [0.5, 0.6) is 0 Å². The van der Waals surface area contributed by atoms with E-state index in [1.54, 1.807) is 0 Å². The smallest absolute Gasteiger partial charge is 0.358 e. The van der Waals surface area contributed by atoms with Crippen LogP contribution in [-0.2, 0) is 0 Å². The van der Waals surface area contributed by atoms with E-state index in [0.29, 0.717) is 25.5 Å². The Bertz CT molecular complexity index is 840. The molecule has 7 nitrogen and oxygen atoms in total. The lowest BCUT2D eigenvalue weighted by molar-refractivity contribution is 0.0661. The van der Waals surface area contributed by atoms with Gasteiger partial charge in [-0.15, -0.1) is 5.10 Å². The van der Waals surface area contributed by atoms with E-state index in [4.69, 9.17) is 5.11 Å². The Morgan fingerprint density at radius 2 is 2.08 bits per heavy atom. The average molecular weight is 368 g/mol. The molecule has 0 bridgehead atoms. The van der Waals surface area contributed by atoms with Crippen LogP contribution in [0.1, 0.15) is 51.7 Å². The second-order valence-corrected chi connectivity index (χ2v) is 5.98. The summed E-state index contributed by atoms with van der Waals surface area (Å²) in [7, 11) is 0. The van der Waals surface area contributed by atoms with Gasteiger partial charge < -0.3 is 10.0 Å². The number of alkyl halides is 2. The number of carbonyl (C=O) groups is 2. The van der Waals surface area contributed by atoms with Gasteiger partial charge >= 0.3 is 5.97 Å². The quantitative estimate of drug-likeness (QED) is 0.896. The Labute approximate surface area is 146 Å². The maximum absolute atomic E-state index is 14.1. The molecule has 1 aliphatic rings. The number of likely N-dealkylation sites (tertiary alicyclic amines) is 1. The second-order valence-electron chi connectivity index (χ2n) is 5.98. The van der Waals surface area contributed by atoms with Crippen LogP contribution in [0.15, 0.2) is 24.4 Å². The molecule has 1 saturated heterocycles. The first-order valence-electron chi connectivity index (χ1n) is 7.89. The topological polar surface area (TPSA) is 88.3 Å². The summed E-state index contributed by atoms with van der Waals surface area (Å²) in [6, 6.07) is 2.45. The Balaban J connectivity index is 1.76. The van der Waals surface area contributed by atoms with Crippen molar-refractivity contribution in [3.05, 3.63) is 47.0 Å². The normalized spacial score (nSPS) is 17.5. The van der Waals surface area contributed by atoms with Crippen LogP contribution < -0.4 is 0 Å². The summed E-state index contributed by atoms with van der Waals surface area (Å²) >= 11 is 0. The maximum Gasteiger partial charge on any atom is 0.358 e. The van der Waals surface area contributed by atoms with Crippen molar-refractivity contribution in [2.75, 3.05) is 13.1 Å². The lowest BCUT2D eigenvalue weighted by atomic mass is 10.0. The molecule has 1 aromatic heterocycles. The first-order chi connectivity index (χ1) is 12.4. The van der Waals surface area contributed by atoms with Gasteiger partial charge in [0.05, 0.1) is 17.8 Å². The third-order valence-corrected chi connectivity index (χ3v) is 4.26. The van der Waals surface area contributed by atoms with Crippen molar-refractivity contribution in [3.63, 3.8) is 0 Å². The van der Waals surface area contributed by atoms with Gasteiger partial charge in [-0.25, -0.2) is 22.6 Å². The number of carbonyl (C=O) groups excluding carboxylic acids is 1. The van der Waals surface area contributed by atoms with Gasteiger partial charge in [0, 0.05) is 18.7 Å². The molecule has 2 aromatic rings. The van der Waals surface area contributed by atoms with Crippen molar-refractivity contribution in [3.8, 4) is 0 Å². The minimum absolute atomic E-state index is 0.192. The number of nitrogens with zero attached hydrogens (tertiary/aromatic N) is 4. The first kappa shape index (κ1) is 17.9. The fourth-order valence-electron chi connectivity index (χ4n) is 2.92. The SMILES string of the molecule is O=C(O)c1cn(C2CCCN(C(=O)c3ccc(C(F)F)cc3F)C2)nn1. The van der Waals surface area contributed by atoms with Crippen molar-refractivity contribution in [2.45, 2.75) is 25.3 Å². The molecule has 3 rings (SSSR count). The zero-order chi connectivity index (χ0) is 18.8. The zero-order valence-corrected chi connectivity index (χ0v) is 13.5. The summed E-state index contributed by atoms with van der Waals surface area (Å²) in [5, 5.41) is 16.2. The van der Waals surface area contributed by atoms with E-state index in [1.165, 1.54) is 15.8 Å². The minimum Gasteiger partial charge on any atom is -0.476 e. The van der Waals surface area contributed by atoms with E-state index in [2.05, 4.69) is 10.3 Å². The fraction of sp³-hybridized carbons (Fsp3) is 0.375. The van der Waals surface area contributed by atoms with Crippen molar-refractivity contribution >= 4 is 11.9 Å². The van der Waals surface area contributed by atoms with Gasteiger partial charge in [-0.2, -0.15) is 0 Å².